The molecule has 0 aliphatic carbocycles. The van der Waals surface area contributed by atoms with E-state index in [-0.39, 0.29) is 101 Å². The third kappa shape index (κ3) is 28.0. The van der Waals surface area contributed by atoms with Gasteiger partial charge in [0.1, 0.15) is 39.6 Å². The summed E-state index contributed by atoms with van der Waals surface area (Å²) in [7, 11) is -2.61. The van der Waals surface area contributed by atoms with Gasteiger partial charge in [0.05, 0.1) is 31.1 Å². The fraction of sp³-hybridized carbons (Fsp3) is 0.784. The summed E-state index contributed by atoms with van der Waals surface area (Å²) in [6.07, 6.45) is 0.869. The van der Waals surface area contributed by atoms with Crippen LogP contribution in [0.3, 0.4) is 0 Å². The molecule has 55 heavy (non-hydrogen) atoms. The Morgan fingerprint density at radius 2 is 0.927 bits per heavy atom. The zero-order valence-electron chi connectivity index (χ0n) is 35.0. The van der Waals surface area contributed by atoms with Crippen LogP contribution in [-0.2, 0) is 65.7 Å². The van der Waals surface area contributed by atoms with E-state index in [4.69, 9.17) is 37.0 Å². The highest BCUT2D eigenvalue weighted by Gasteiger charge is 2.35. The maximum Gasteiger partial charge on any atom is 0.333 e. The first-order chi connectivity index (χ1) is 25.7. The zero-order chi connectivity index (χ0) is 42.0. The van der Waals surface area contributed by atoms with Crippen LogP contribution in [0.5, 0.6) is 0 Å². The van der Waals surface area contributed by atoms with E-state index in [0.29, 0.717) is 26.2 Å². The summed E-state index contributed by atoms with van der Waals surface area (Å²) in [5, 5.41) is 0. The van der Waals surface area contributed by atoms with Crippen LogP contribution in [0.2, 0.25) is 32.2 Å². The van der Waals surface area contributed by atoms with Crippen molar-refractivity contribution in [2.75, 3.05) is 86.0 Å². The van der Waals surface area contributed by atoms with Gasteiger partial charge in [-0.05, 0) is 52.1 Å². The SMILES string of the molecule is C=C(C)C(=O)OCCOC(=O)CCN(CCC(=O)OCCOC(=O)C(C)C)CCN(CCC[Si](C)(OC)O[Si](C)(C)C)CCC(=O)OCCOC(=O)C(C)C. The molecule has 0 fully saturated rings. The number of hydrogen-bond donors (Lipinski definition) is 0. The van der Waals surface area contributed by atoms with Crippen LogP contribution >= 0.6 is 0 Å². The number of hydrogen-bond acceptors (Lipinski definition) is 16. The fourth-order valence-corrected chi connectivity index (χ4v) is 11.7. The molecule has 1 atom stereocenters. The standard InChI is InChI=1S/C37H68N2O14Si2/c1-29(2)35(43)50-25-22-47-32(40)13-17-38(16-12-28-55(11,46-7)53-54(8,9)10)20-21-39(18-14-33(41)48-23-26-51-36(44)30(3)4)19-15-34(42)49-24-27-52-37(45)31(5)6/h29,31H,3,12-28H2,1-2,4-11H3. The molecular formula is C37H68N2O14Si2. The number of rotatable bonds is 31. The monoisotopic (exact) mass is 820 g/mol. The van der Waals surface area contributed by atoms with Gasteiger partial charge in [-0.2, -0.15) is 0 Å². The summed E-state index contributed by atoms with van der Waals surface area (Å²) in [6.45, 7) is 22.4. The Morgan fingerprint density at radius 3 is 1.27 bits per heavy atom. The molecule has 318 valence electrons. The van der Waals surface area contributed by atoms with Gasteiger partial charge in [0.2, 0.25) is 0 Å². The van der Waals surface area contributed by atoms with Crippen molar-refractivity contribution in [2.24, 2.45) is 11.8 Å². The Bertz CT molecular complexity index is 1210. The number of ether oxygens (including phenoxy) is 6. The highest BCUT2D eigenvalue weighted by molar-refractivity contribution is 6.81. The van der Waals surface area contributed by atoms with Crippen molar-refractivity contribution in [3.05, 3.63) is 12.2 Å². The lowest BCUT2D eigenvalue weighted by Gasteiger charge is -2.33. The molecule has 0 radical (unpaired) electrons. The average molecular weight is 821 g/mol. The molecule has 16 nitrogen and oxygen atoms in total. The molecule has 0 aliphatic rings. The van der Waals surface area contributed by atoms with E-state index in [0.717, 1.165) is 12.5 Å². The summed E-state index contributed by atoms with van der Waals surface area (Å²) in [5.74, 6) is -3.32. The third-order valence-corrected chi connectivity index (χ3v) is 14.0. The van der Waals surface area contributed by atoms with Gasteiger partial charge in [-0.3, -0.25) is 24.0 Å². The molecule has 0 saturated carbocycles. The quantitative estimate of drug-likeness (QED) is 0.0323. The molecule has 0 heterocycles. The predicted octanol–water partition coefficient (Wildman–Crippen LogP) is 3.87. The molecular weight excluding hydrogens is 753 g/mol. The number of nitrogens with zero attached hydrogens (tertiary/aromatic N) is 2. The first kappa shape index (κ1) is 51.8. The van der Waals surface area contributed by atoms with Crippen molar-refractivity contribution < 1.29 is 65.7 Å². The minimum absolute atomic E-state index is 0.00810. The number of esters is 6. The van der Waals surface area contributed by atoms with Crippen molar-refractivity contribution in [1.29, 1.82) is 0 Å². The van der Waals surface area contributed by atoms with E-state index in [9.17, 15) is 28.8 Å². The van der Waals surface area contributed by atoms with E-state index in [1.165, 1.54) is 6.92 Å². The summed E-state index contributed by atoms with van der Waals surface area (Å²) in [6, 6.07) is 0.742. The second-order valence-corrected chi connectivity index (χ2v) is 23.0. The molecule has 0 spiro atoms. The molecule has 0 amide bonds. The molecule has 18 heteroatoms. The Labute approximate surface area is 330 Å². The third-order valence-electron chi connectivity index (χ3n) is 7.74. The summed E-state index contributed by atoms with van der Waals surface area (Å²) in [5.41, 5.74) is 0.238. The van der Waals surface area contributed by atoms with E-state index in [1.807, 2.05) is 4.90 Å². The summed E-state index contributed by atoms with van der Waals surface area (Å²) < 4.78 is 43.2. The topological polar surface area (TPSA) is 183 Å². The zero-order valence-corrected chi connectivity index (χ0v) is 37.0. The molecule has 0 aromatic carbocycles. The van der Waals surface area contributed by atoms with Crippen molar-refractivity contribution in [2.45, 2.75) is 92.5 Å². The van der Waals surface area contributed by atoms with Gasteiger partial charge < -0.3 is 46.8 Å². The van der Waals surface area contributed by atoms with Gasteiger partial charge in [-0.1, -0.05) is 34.3 Å². The van der Waals surface area contributed by atoms with Gasteiger partial charge in [-0.25, -0.2) is 4.79 Å². The smallest absolute Gasteiger partial charge is 0.333 e. The predicted molar refractivity (Wildman–Crippen MR) is 209 cm³/mol. The Morgan fingerprint density at radius 1 is 0.564 bits per heavy atom. The highest BCUT2D eigenvalue weighted by Crippen LogP contribution is 2.21. The van der Waals surface area contributed by atoms with Crippen LogP contribution in [0.25, 0.3) is 0 Å². The first-order valence-corrected chi connectivity index (χ1v) is 24.9. The van der Waals surface area contributed by atoms with Crippen molar-refractivity contribution >= 4 is 52.7 Å². The van der Waals surface area contributed by atoms with Crippen LogP contribution in [-0.4, -0.2) is 149 Å². The number of carbonyl (C=O) groups excluding carboxylic acids is 6. The van der Waals surface area contributed by atoms with Crippen LogP contribution in [0, 0.1) is 11.8 Å². The normalized spacial score (nSPS) is 12.7. The largest absolute Gasteiger partial charge is 0.462 e. The Hall–Kier alpha value is -3.17. The summed E-state index contributed by atoms with van der Waals surface area (Å²) in [4.78, 5) is 76.7. The lowest BCUT2D eigenvalue weighted by Crippen LogP contribution is -2.47. The Kier molecular flexibility index (Phi) is 26.6. The van der Waals surface area contributed by atoms with Crippen molar-refractivity contribution in [3.8, 4) is 0 Å². The molecule has 0 rings (SSSR count). The Balaban J connectivity index is 5.56. The van der Waals surface area contributed by atoms with E-state index >= 15 is 0 Å². The van der Waals surface area contributed by atoms with E-state index < -0.39 is 40.8 Å². The van der Waals surface area contributed by atoms with E-state index in [2.05, 4.69) is 37.7 Å². The highest BCUT2D eigenvalue weighted by atomic mass is 28.4. The minimum atomic E-state index is -2.43. The maximum atomic E-state index is 12.6. The van der Waals surface area contributed by atoms with Crippen LogP contribution in [0.1, 0.15) is 60.3 Å². The van der Waals surface area contributed by atoms with Gasteiger partial charge in [-0.15, -0.1) is 0 Å². The van der Waals surface area contributed by atoms with Gasteiger partial charge in [0.15, 0.2) is 8.32 Å². The summed E-state index contributed by atoms with van der Waals surface area (Å²) >= 11 is 0. The number of carbonyl (C=O) groups is 6. The second-order valence-electron chi connectivity index (χ2n) is 14.8. The minimum Gasteiger partial charge on any atom is -0.462 e. The average Bonchev–Trinajstić information content (AvgIpc) is 3.10. The van der Waals surface area contributed by atoms with E-state index in [1.54, 1.807) is 34.8 Å². The molecule has 0 aromatic heterocycles. The molecule has 0 N–H and O–H groups in total. The first-order valence-electron chi connectivity index (χ1n) is 19.0. The van der Waals surface area contributed by atoms with Crippen LogP contribution in [0.4, 0.5) is 0 Å². The van der Waals surface area contributed by atoms with Gasteiger partial charge in [0, 0.05) is 45.4 Å². The van der Waals surface area contributed by atoms with Gasteiger partial charge in [0.25, 0.3) is 0 Å². The lowest BCUT2D eigenvalue weighted by atomic mass is 10.2. The molecule has 1 unspecified atom stereocenters. The van der Waals surface area contributed by atoms with Crippen LogP contribution < -0.4 is 0 Å². The maximum absolute atomic E-state index is 12.6. The van der Waals surface area contributed by atoms with Crippen molar-refractivity contribution in [1.82, 2.24) is 9.80 Å². The molecule has 0 aromatic rings. The molecule has 0 aliphatic heterocycles. The molecule has 0 bridgehead atoms. The van der Waals surface area contributed by atoms with Gasteiger partial charge >= 0.3 is 44.4 Å². The lowest BCUT2D eigenvalue weighted by molar-refractivity contribution is -0.154. The second kappa shape index (κ2) is 28.3. The van der Waals surface area contributed by atoms with Crippen molar-refractivity contribution in [3.63, 3.8) is 0 Å². The van der Waals surface area contributed by atoms with Crippen LogP contribution in [0.15, 0.2) is 12.2 Å². The molecule has 0 saturated heterocycles. The fourth-order valence-electron chi connectivity index (χ4n) is 4.73.